The highest BCUT2D eigenvalue weighted by Gasteiger charge is 2.40. The summed E-state index contributed by atoms with van der Waals surface area (Å²) in [5, 5.41) is 18.1. The van der Waals surface area contributed by atoms with Gasteiger partial charge in [0.15, 0.2) is 0 Å². The summed E-state index contributed by atoms with van der Waals surface area (Å²) in [4.78, 5) is 0. The molecule has 0 heterocycles. The lowest BCUT2D eigenvalue weighted by atomic mass is 9.99. The highest BCUT2D eigenvalue weighted by molar-refractivity contribution is 6.32. The Morgan fingerprint density at radius 2 is 2.12 bits per heavy atom. The smallest absolute Gasteiger partial charge is 0.289 e. The van der Waals surface area contributed by atoms with E-state index in [9.17, 15) is 13.9 Å². The summed E-state index contributed by atoms with van der Waals surface area (Å²) >= 11 is 5.61. The molecule has 0 unspecified atom stereocenters. The fraction of sp³-hybridized carbons (Fsp3) is 0.400. The predicted octanol–water partition coefficient (Wildman–Crippen LogP) is 1.68. The first-order chi connectivity index (χ1) is 7.85. The van der Waals surface area contributed by atoms with Crippen molar-refractivity contribution in [1.82, 2.24) is 0 Å². The molecule has 1 aromatic rings. The molecule has 0 bridgehead atoms. The van der Waals surface area contributed by atoms with Crippen molar-refractivity contribution in [3.8, 4) is 11.5 Å². The molecule has 7 heteroatoms. The number of halogens is 3. The molecule has 1 atom stereocenters. The number of phenolic OH excluding ortho intramolecular Hbond substituents is 1. The van der Waals surface area contributed by atoms with Crippen LogP contribution in [0.5, 0.6) is 11.5 Å². The Morgan fingerprint density at radius 1 is 1.53 bits per heavy atom. The van der Waals surface area contributed by atoms with Crippen LogP contribution >= 0.6 is 11.6 Å². The Morgan fingerprint density at radius 3 is 2.59 bits per heavy atom. The number of methoxy groups -OCH3 is 1. The third-order valence-electron chi connectivity index (χ3n) is 2.32. The predicted molar refractivity (Wildman–Crippen MR) is 58.6 cm³/mol. The summed E-state index contributed by atoms with van der Waals surface area (Å²) in [6.07, 6.45) is 0. The lowest BCUT2D eigenvalue weighted by Crippen LogP contribution is -2.36. The van der Waals surface area contributed by atoms with Crippen LogP contribution in [0.15, 0.2) is 12.1 Å². The van der Waals surface area contributed by atoms with E-state index in [4.69, 9.17) is 27.2 Å². The largest absolute Gasteiger partial charge is 0.506 e. The standard InChI is InChI=1S/C10H12ClF2NO3/c1-17-6-3-2-5(11)8(16)7(6)9(14)10(12,13)4-15/h2-3,9,15-16H,4,14H2,1H3/t9-/m0/s1. The number of hydrogen-bond acceptors (Lipinski definition) is 4. The summed E-state index contributed by atoms with van der Waals surface area (Å²) in [7, 11) is 1.25. The number of hydrogen-bond donors (Lipinski definition) is 3. The monoisotopic (exact) mass is 267 g/mol. The minimum absolute atomic E-state index is 0.0208. The Hall–Kier alpha value is -1.11. The highest BCUT2D eigenvalue weighted by Crippen LogP contribution is 2.42. The fourth-order valence-corrected chi connectivity index (χ4v) is 1.52. The van der Waals surface area contributed by atoms with Gasteiger partial charge in [0.1, 0.15) is 24.1 Å². The van der Waals surface area contributed by atoms with E-state index in [0.717, 1.165) is 0 Å². The van der Waals surface area contributed by atoms with Gasteiger partial charge >= 0.3 is 0 Å². The first-order valence-corrected chi connectivity index (χ1v) is 5.02. The molecule has 0 saturated carbocycles. The molecule has 0 saturated heterocycles. The van der Waals surface area contributed by atoms with E-state index < -0.39 is 24.3 Å². The number of benzene rings is 1. The Kier molecular flexibility index (Phi) is 4.13. The van der Waals surface area contributed by atoms with Crippen molar-refractivity contribution < 1.29 is 23.7 Å². The molecule has 0 radical (unpaired) electrons. The maximum Gasteiger partial charge on any atom is 0.289 e. The maximum absolute atomic E-state index is 13.3. The van der Waals surface area contributed by atoms with Crippen molar-refractivity contribution in [2.24, 2.45) is 5.73 Å². The van der Waals surface area contributed by atoms with Gasteiger partial charge in [-0.05, 0) is 12.1 Å². The number of ether oxygens (including phenoxy) is 1. The summed E-state index contributed by atoms with van der Waals surface area (Å²) in [6.45, 7) is -1.44. The van der Waals surface area contributed by atoms with Gasteiger partial charge in [0.05, 0.1) is 17.7 Å². The van der Waals surface area contributed by atoms with Gasteiger partial charge in [0.25, 0.3) is 5.92 Å². The van der Waals surface area contributed by atoms with Crippen LogP contribution in [0.3, 0.4) is 0 Å². The van der Waals surface area contributed by atoms with E-state index >= 15 is 0 Å². The second kappa shape index (κ2) is 5.03. The Balaban J connectivity index is 3.33. The number of nitrogens with two attached hydrogens (primary N) is 1. The second-order valence-corrected chi connectivity index (χ2v) is 3.82. The minimum atomic E-state index is -3.59. The van der Waals surface area contributed by atoms with Gasteiger partial charge in [-0.3, -0.25) is 0 Å². The van der Waals surface area contributed by atoms with Crippen LogP contribution in [0.25, 0.3) is 0 Å². The van der Waals surface area contributed by atoms with Crippen LogP contribution in [0.2, 0.25) is 5.02 Å². The molecular formula is C10H12ClF2NO3. The summed E-state index contributed by atoms with van der Waals surface area (Å²) in [5.41, 5.74) is 4.99. The second-order valence-electron chi connectivity index (χ2n) is 3.41. The van der Waals surface area contributed by atoms with Gasteiger partial charge in [0, 0.05) is 0 Å². The number of aromatic hydroxyl groups is 1. The molecular weight excluding hydrogens is 256 g/mol. The van der Waals surface area contributed by atoms with E-state index in [2.05, 4.69) is 0 Å². The van der Waals surface area contributed by atoms with E-state index in [0.29, 0.717) is 0 Å². The topological polar surface area (TPSA) is 75.7 Å². The average molecular weight is 268 g/mol. The molecule has 4 nitrogen and oxygen atoms in total. The Labute approximate surface area is 102 Å². The Bertz CT molecular complexity index is 415. The number of rotatable bonds is 4. The van der Waals surface area contributed by atoms with Crippen molar-refractivity contribution in [3.05, 3.63) is 22.7 Å². The van der Waals surface area contributed by atoms with Gasteiger partial charge in [-0.1, -0.05) is 11.6 Å². The quantitative estimate of drug-likeness (QED) is 0.776. The van der Waals surface area contributed by atoms with Gasteiger partial charge in [-0.15, -0.1) is 0 Å². The first-order valence-electron chi connectivity index (χ1n) is 4.64. The fourth-order valence-electron chi connectivity index (χ4n) is 1.35. The number of aliphatic hydroxyl groups excluding tert-OH is 1. The molecule has 0 fully saturated rings. The normalized spacial score (nSPS) is 13.5. The molecule has 0 amide bonds. The third-order valence-corrected chi connectivity index (χ3v) is 2.63. The lowest BCUT2D eigenvalue weighted by Gasteiger charge is -2.24. The van der Waals surface area contributed by atoms with Crippen LogP contribution < -0.4 is 10.5 Å². The zero-order valence-corrected chi connectivity index (χ0v) is 9.71. The molecule has 1 aromatic carbocycles. The SMILES string of the molecule is COc1ccc(Cl)c(O)c1[C@H](N)C(F)(F)CO. The van der Waals surface area contributed by atoms with E-state index in [1.165, 1.54) is 19.2 Å². The highest BCUT2D eigenvalue weighted by atomic mass is 35.5. The molecule has 0 aliphatic heterocycles. The molecule has 0 aromatic heterocycles. The van der Waals surface area contributed by atoms with Gasteiger partial charge in [-0.25, -0.2) is 8.78 Å². The van der Waals surface area contributed by atoms with E-state index in [1.54, 1.807) is 0 Å². The molecule has 96 valence electrons. The van der Waals surface area contributed by atoms with Crippen molar-refractivity contribution in [1.29, 1.82) is 0 Å². The lowest BCUT2D eigenvalue weighted by molar-refractivity contribution is -0.0719. The van der Waals surface area contributed by atoms with Crippen LogP contribution in [0, 0.1) is 0 Å². The minimum Gasteiger partial charge on any atom is -0.506 e. The maximum atomic E-state index is 13.3. The zero-order valence-electron chi connectivity index (χ0n) is 8.95. The van der Waals surface area contributed by atoms with Crippen molar-refractivity contribution in [3.63, 3.8) is 0 Å². The van der Waals surface area contributed by atoms with Crippen LogP contribution in [0.4, 0.5) is 8.78 Å². The van der Waals surface area contributed by atoms with Gasteiger partial charge in [-0.2, -0.15) is 0 Å². The molecule has 4 N–H and O–H groups in total. The van der Waals surface area contributed by atoms with Crippen molar-refractivity contribution in [2.75, 3.05) is 13.7 Å². The van der Waals surface area contributed by atoms with Gasteiger partial charge < -0.3 is 20.7 Å². The average Bonchev–Trinajstić information content (AvgIpc) is 2.31. The van der Waals surface area contributed by atoms with Crippen LogP contribution in [-0.2, 0) is 0 Å². The summed E-state index contributed by atoms with van der Waals surface area (Å²) in [6, 6.07) is 0.689. The number of aliphatic hydroxyl groups is 1. The molecule has 1 rings (SSSR count). The van der Waals surface area contributed by atoms with Gasteiger partial charge in [0.2, 0.25) is 0 Å². The first kappa shape index (κ1) is 14.0. The summed E-state index contributed by atoms with van der Waals surface area (Å²) in [5.74, 6) is -4.19. The van der Waals surface area contributed by atoms with Crippen molar-refractivity contribution in [2.45, 2.75) is 12.0 Å². The number of phenols is 1. The molecule has 17 heavy (non-hydrogen) atoms. The zero-order chi connectivity index (χ0) is 13.2. The number of alkyl halides is 2. The molecule has 0 spiro atoms. The van der Waals surface area contributed by atoms with Crippen LogP contribution in [-0.4, -0.2) is 29.9 Å². The summed E-state index contributed by atoms with van der Waals surface area (Å²) < 4.78 is 31.4. The third kappa shape index (κ3) is 2.59. The van der Waals surface area contributed by atoms with E-state index in [-0.39, 0.29) is 16.3 Å². The van der Waals surface area contributed by atoms with E-state index in [1.807, 2.05) is 0 Å². The molecule has 0 aliphatic rings. The van der Waals surface area contributed by atoms with Crippen LogP contribution in [0.1, 0.15) is 11.6 Å². The van der Waals surface area contributed by atoms with Crippen molar-refractivity contribution >= 4 is 11.6 Å². The molecule has 0 aliphatic carbocycles.